The van der Waals surface area contributed by atoms with Gasteiger partial charge in [0.2, 0.25) is 0 Å². The summed E-state index contributed by atoms with van der Waals surface area (Å²) in [7, 11) is 0. The normalized spacial score (nSPS) is 16.9. The number of phenols is 1. The lowest BCUT2D eigenvalue weighted by molar-refractivity contribution is -0.139. The number of aromatic amines is 1. The Bertz CT molecular complexity index is 1570. The molecule has 1 aliphatic heterocycles. The zero-order valence-corrected chi connectivity index (χ0v) is 22.3. The molecule has 200 valence electrons. The molecule has 2 heterocycles. The molecule has 0 radical (unpaired) electrons. The van der Waals surface area contributed by atoms with Crippen LogP contribution in [0.4, 0.5) is 0 Å². The number of rotatable bonds is 8. The minimum Gasteiger partial charge on any atom is -0.508 e. The lowest BCUT2D eigenvalue weighted by Crippen LogP contribution is -2.31. The number of ketones is 1. The quantitative estimate of drug-likeness (QED) is 0.152. The van der Waals surface area contributed by atoms with Gasteiger partial charge in [0.25, 0.3) is 11.7 Å². The number of fused-ring (bicyclic) bond motifs is 1. The largest absolute Gasteiger partial charge is 0.508 e. The minimum absolute atomic E-state index is 0.0277. The highest BCUT2D eigenvalue weighted by Gasteiger charge is 2.45. The van der Waals surface area contributed by atoms with Gasteiger partial charge >= 0.3 is 0 Å². The van der Waals surface area contributed by atoms with Crippen molar-refractivity contribution in [2.75, 3.05) is 13.2 Å². The van der Waals surface area contributed by atoms with Crippen LogP contribution in [0.15, 0.2) is 78.5 Å². The minimum atomic E-state index is -0.798. The van der Waals surface area contributed by atoms with Crippen LogP contribution in [0.5, 0.6) is 11.5 Å². The summed E-state index contributed by atoms with van der Waals surface area (Å²) < 4.78 is 5.86. The van der Waals surface area contributed by atoms with E-state index in [4.69, 9.17) is 4.74 Å². The third-order valence-electron chi connectivity index (χ3n) is 7.07. The highest BCUT2D eigenvalue weighted by atomic mass is 16.5. The van der Waals surface area contributed by atoms with Crippen LogP contribution in [0.25, 0.3) is 16.7 Å². The van der Waals surface area contributed by atoms with Crippen LogP contribution in [0, 0.1) is 12.8 Å². The van der Waals surface area contributed by atoms with Crippen LogP contribution < -0.4 is 4.74 Å². The molecule has 1 aliphatic rings. The number of para-hydroxylation sites is 1. The van der Waals surface area contributed by atoms with E-state index < -0.39 is 17.7 Å². The fraction of sp³-hybridized carbons (Fsp3) is 0.250. The summed E-state index contributed by atoms with van der Waals surface area (Å²) in [5, 5.41) is 22.3. The standard InChI is InChI=1S/C32H32N2O5/c1-19(2)18-39-27-13-10-22(16-20(27)3)30(36)28-29(21-8-11-24(35)12-9-21)34(32(38)31(28)37)15-14-23-17-33-26-7-5-4-6-25(23)26/h4-13,16-17,19,29,33,35-36H,14-15,18H2,1-3H3/b30-28+. The van der Waals surface area contributed by atoms with Crippen LogP contribution in [0.3, 0.4) is 0 Å². The number of hydrogen-bond acceptors (Lipinski definition) is 5. The fourth-order valence-electron chi connectivity index (χ4n) is 5.06. The van der Waals surface area contributed by atoms with Gasteiger partial charge in [-0.25, -0.2) is 0 Å². The Morgan fingerprint density at radius 3 is 2.51 bits per heavy atom. The second-order valence-corrected chi connectivity index (χ2v) is 10.4. The number of aryl methyl sites for hydroxylation is 1. The third kappa shape index (κ3) is 5.12. The number of nitrogens with one attached hydrogen (secondary N) is 1. The molecule has 0 bridgehead atoms. The van der Waals surface area contributed by atoms with Gasteiger partial charge in [-0.2, -0.15) is 0 Å². The maximum Gasteiger partial charge on any atom is 0.295 e. The number of Topliss-reactive ketones (excluding diaryl/α,β-unsaturated/α-hetero) is 1. The van der Waals surface area contributed by atoms with Crippen molar-refractivity contribution in [2.24, 2.45) is 5.92 Å². The van der Waals surface area contributed by atoms with Crippen LogP contribution in [0.1, 0.15) is 42.1 Å². The van der Waals surface area contributed by atoms with E-state index in [9.17, 15) is 19.8 Å². The van der Waals surface area contributed by atoms with Crippen molar-refractivity contribution in [1.29, 1.82) is 0 Å². The number of amides is 1. The number of aromatic hydroxyl groups is 1. The molecule has 4 aromatic rings. The number of nitrogens with zero attached hydrogens (tertiary/aromatic N) is 1. The van der Waals surface area contributed by atoms with Gasteiger partial charge < -0.3 is 24.8 Å². The average molecular weight is 525 g/mol. The van der Waals surface area contributed by atoms with E-state index in [1.165, 1.54) is 17.0 Å². The van der Waals surface area contributed by atoms with E-state index in [0.717, 1.165) is 22.0 Å². The van der Waals surface area contributed by atoms with E-state index in [-0.39, 0.29) is 23.6 Å². The number of likely N-dealkylation sites (tertiary alicyclic amines) is 1. The van der Waals surface area contributed by atoms with Crippen molar-refractivity contribution in [3.05, 3.63) is 101 Å². The van der Waals surface area contributed by atoms with E-state index in [0.29, 0.717) is 35.8 Å². The van der Waals surface area contributed by atoms with Gasteiger partial charge in [-0.1, -0.05) is 44.2 Å². The Morgan fingerprint density at radius 2 is 1.79 bits per heavy atom. The molecule has 1 unspecified atom stereocenters. The van der Waals surface area contributed by atoms with E-state index in [1.54, 1.807) is 30.3 Å². The van der Waals surface area contributed by atoms with Gasteiger partial charge in [0.1, 0.15) is 17.3 Å². The Labute approximate surface area is 227 Å². The molecule has 1 fully saturated rings. The van der Waals surface area contributed by atoms with E-state index >= 15 is 0 Å². The number of benzene rings is 3. The molecule has 3 N–H and O–H groups in total. The molecule has 5 rings (SSSR count). The first-order chi connectivity index (χ1) is 18.7. The third-order valence-corrected chi connectivity index (χ3v) is 7.07. The van der Waals surface area contributed by atoms with Gasteiger partial charge in [-0.3, -0.25) is 9.59 Å². The molecule has 0 aliphatic carbocycles. The van der Waals surface area contributed by atoms with Crippen molar-refractivity contribution < 1.29 is 24.5 Å². The Balaban J connectivity index is 1.52. The van der Waals surface area contributed by atoms with Gasteiger partial charge in [0.05, 0.1) is 18.2 Å². The molecule has 1 aromatic heterocycles. The summed E-state index contributed by atoms with van der Waals surface area (Å²) in [4.78, 5) is 31.5. The number of aliphatic hydroxyl groups is 1. The summed E-state index contributed by atoms with van der Waals surface area (Å²) in [5.74, 6) is -0.496. The summed E-state index contributed by atoms with van der Waals surface area (Å²) in [6, 6.07) is 18.7. The van der Waals surface area contributed by atoms with Crippen LogP contribution >= 0.6 is 0 Å². The first-order valence-corrected chi connectivity index (χ1v) is 13.1. The molecule has 7 nitrogen and oxygen atoms in total. The van der Waals surface area contributed by atoms with Gasteiger partial charge in [-0.05, 0) is 72.4 Å². The summed E-state index contributed by atoms with van der Waals surface area (Å²) in [6.45, 7) is 6.85. The van der Waals surface area contributed by atoms with Gasteiger partial charge in [-0.15, -0.1) is 0 Å². The maximum absolute atomic E-state index is 13.4. The van der Waals surface area contributed by atoms with Gasteiger partial charge in [0.15, 0.2) is 0 Å². The summed E-state index contributed by atoms with van der Waals surface area (Å²) in [5.41, 5.74) is 3.93. The molecule has 7 heteroatoms. The maximum atomic E-state index is 13.4. The van der Waals surface area contributed by atoms with Crippen molar-refractivity contribution in [3.63, 3.8) is 0 Å². The molecule has 1 amide bonds. The monoisotopic (exact) mass is 524 g/mol. The van der Waals surface area contributed by atoms with Crippen LogP contribution in [0.2, 0.25) is 0 Å². The molecular weight excluding hydrogens is 492 g/mol. The molecule has 0 saturated carbocycles. The lowest BCUT2D eigenvalue weighted by Gasteiger charge is -2.25. The smallest absolute Gasteiger partial charge is 0.295 e. The second kappa shape index (κ2) is 10.7. The SMILES string of the molecule is Cc1cc(/C(O)=C2\C(=O)C(=O)N(CCc3c[nH]c4ccccc34)C2c2ccc(O)cc2)ccc1OCC(C)C. The number of aromatic nitrogens is 1. The molecule has 1 atom stereocenters. The zero-order chi connectivity index (χ0) is 27.7. The Morgan fingerprint density at radius 1 is 1.05 bits per heavy atom. The first-order valence-electron chi connectivity index (χ1n) is 13.1. The number of carbonyl (C=O) groups excluding carboxylic acids is 2. The van der Waals surface area contributed by atoms with Crippen LogP contribution in [-0.4, -0.2) is 44.9 Å². The molecular formula is C32H32N2O5. The van der Waals surface area contributed by atoms with Gasteiger partial charge in [0, 0.05) is 29.2 Å². The Kier molecular flexibility index (Phi) is 7.15. The van der Waals surface area contributed by atoms with Crippen molar-refractivity contribution in [3.8, 4) is 11.5 Å². The van der Waals surface area contributed by atoms with Crippen molar-refractivity contribution in [2.45, 2.75) is 33.2 Å². The Hall–Kier alpha value is -4.52. The highest BCUT2D eigenvalue weighted by molar-refractivity contribution is 6.46. The predicted molar refractivity (Wildman–Crippen MR) is 151 cm³/mol. The second-order valence-electron chi connectivity index (χ2n) is 10.4. The number of phenolic OH excluding ortho intramolecular Hbond substituents is 1. The summed E-state index contributed by atoms with van der Waals surface area (Å²) >= 11 is 0. The summed E-state index contributed by atoms with van der Waals surface area (Å²) in [6.07, 6.45) is 2.44. The number of H-pyrrole nitrogens is 1. The topological polar surface area (TPSA) is 103 Å². The predicted octanol–water partition coefficient (Wildman–Crippen LogP) is 5.88. The fourth-order valence-corrected chi connectivity index (χ4v) is 5.06. The highest BCUT2D eigenvalue weighted by Crippen LogP contribution is 2.40. The number of ether oxygens (including phenoxy) is 1. The zero-order valence-electron chi connectivity index (χ0n) is 22.3. The first kappa shape index (κ1) is 26.1. The lowest BCUT2D eigenvalue weighted by atomic mass is 9.94. The van der Waals surface area contributed by atoms with Crippen LogP contribution in [-0.2, 0) is 16.0 Å². The molecule has 3 aromatic carbocycles. The average Bonchev–Trinajstić information content (AvgIpc) is 3.45. The molecule has 1 saturated heterocycles. The number of aliphatic hydroxyl groups excluding tert-OH is 1. The van der Waals surface area contributed by atoms with Crippen molar-refractivity contribution in [1.82, 2.24) is 9.88 Å². The molecule has 0 spiro atoms. The number of carbonyl (C=O) groups is 2. The number of hydrogen-bond donors (Lipinski definition) is 3. The van der Waals surface area contributed by atoms with E-state index in [2.05, 4.69) is 18.8 Å². The van der Waals surface area contributed by atoms with E-state index in [1.807, 2.05) is 37.4 Å². The molecule has 39 heavy (non-hydrogen) atoms. The van der Waals surface area contributed by atoms with Crippen molar-refractivity contribution >= 4 is 28.4 Å².